The van der Waals surface area contributed by atoms with Crippen LogP contribution in [0.3, 0.4) is 0 Å². The molecule has 0 aliphatic carbocycles. The molecule has 9 nitrogen and oxygen atoms in total. The quantitative estimate of drug-likeness (QED) is 0.493. The van der Waals surface area contributed by atoms with Gasteiger partial charge in [0.1, 0.15) is 0 Å². The summed E-state index contributed by atoms with van der Waals surface area (Å²) in [5.74, 6) is 0.380. The molecule has 0 aromatic carbocycles. The smallest absolute Gasteiger partial charge is 0.337 e. The van der Waals surface area contributed by atoms with Crippen molar-refractivity contribution >= 4 is 11.9 Å². The lowest BCUT2D eigenvalue weighted by Gasteiger charge is -2.41. The Morgan fingerprint density at radius 2 is 1.76 bits per heavy atom. The van der Waals surface area contributed by atoms with Crippen molar-refractivity contribution in [2.24, 2.45) is 0 Å². The summed E-state index contributed by atoms with van der Waals surface area (Å²) < 4.78 is 53.2. The molecule has 3 aromatic rings. The first kappa shape index (κ1) is 23.8. The number of pyridine rings is 1. The van der Waals surface area contributed by atoms with Crippen LogP contribution in [-0.2, 0) is 23.9 Å². The number of hydrogen-bond acceptors (Lipinski definition) is 7. The zero-order chi connectivity index (χ0) is 25.7. The van der Waals surface area contributed by atoms with E-state index in [-0.39, 0.29) is 18.0 Å². The molecule has 0 radical (unpaired) electrons. The molecule has 1 amide bonds. The summed E-state index contributed by atoms with van der Waals surface area (Å²) in [4.78, 5) is 31.5. The molecule has 6 rings (SSSR count). The molecule has 3 aliphatic heterocycles. The molecule has 2 fully saturated rings. The van der Waals surface area contributed by atoms with E-state index in [1.54, 1.807) is 11.1 Å². The topological polar surface area (TPSA) is 83.3 Å². The van der Waals surface area contributed by atoms with Gasteiger partial charge in [0, 0.05) is 62.6 Å². The highest BCUT2D eigenvalue weighted by molar-refractivity contribution is 5.78. The largest absolute Gasteiger partial charge is 0.417 e. The van der Waals surface area contributed by atoms with Gasteiger partial charge in [-0.1, -0.05) is 0 Å². The molecule has 194 valence electrons. The fraction of sp³-hybridized carbons (Fsp3) is 0.458. The van der Waals surface area contributed by atoms with E-state index in [9.17, 15) is 22.4 Å². The minimum absolute atomic E-state index is 0.0249. The van der Waals surface area contributed by atoms with Crippen molar-refractivity contribution in [3.05, 3.63) is 59.6 Å². The Bertz CT molecular complexity index is 1280. The highest BCUT2D eigenvalue weighted by Gasteiger charge is 2.42. The number of halogens is 4. The first-order valence-electron chi connectivity index (χ1n) is 12.1. The maximum absolute atomic E-state index is 13.2. The van der Waals surface area contributed by atoms with Crippen LogP contribution in [0.2, 0.25) is 0 Å². The number of carbonyl (C=O) groups excluding carboxylic acids is 1. The Morgan fingerprint density at radius 3 is 2.41 bits per heavy atom. The number of likely N-dealkylation sites (tertiary alicyclic amines) is 1. The van der Waals surface area contributed by atoms with Crippen molar-refractivity contribution in [1.82, 2.24) is 34.5 Å². The zero-order valence-corrected chi connectivity index (χ0v) is 19.8. The lowest BCUT2D eigenvalue weighted by atomic mass is 10.1. The van der Waals surface area contributed by atoms with E-state index in [0.29, 0.717) is 50.9 Å². The molecule has 2 atom stereocenters. The second-order valence-corrected chi connectivity index (χ2v) is 9.70. The second kappa shape index (κ2) is 9.05. The number of alkyl halides is 3. The number of anilines is 1. The Balaban J connectivity index is 1.08. The Hall–Kier alpha value is -3.61. The molecular weight excluding hydrogens is 492 g/mol. The second-order valence-electron chi connectivity index (χ2n) is 9.70. The zero-order valence-electron chi connectivity index (χ0n) is 19.8. The summed E-state index contributed by atoms with van der Waals surface area (Å²) >= 11 is 0. The Kier molecular flexibility index (Phi) is 5.81. The number of nitrogens with zero attached hydrogens (tertiary/aromatic N) is 8. The molecule has 2 bridgehead atoms. The van der Waals surface area contributed by atoms with Crippen molar-refractivity contribution in [3.8, 4) is 5.82 Å². The summed E-state index contributed by atoms with van der Waals surface area (Å²) in [6, 6.07) is 2.63. The van der Waals surface area contributed by atoms with E-state index >= 15 is 0 Å². The third-order valence-electron chi connectivity index (χ3n) is 7.27. The first-order chi connectivity index (χ1) is 17.7. The lowest BCUT2D eigenvalue weighted by Crippen LogP contribution is -2.56. The van der Waals surface area contributed by atoms with Crippen LogP contribution in [0.4, 0.5) is 23.5 Å². The summed E-state index contributed by atoms with van der Waals surface area (Å²) in [7, 11) is 0. The summed E-state index contributed by atoms with van der Waals surface area (Å²) in [5, 5.41) is 4.48. The number of carbonyl (C=O) groups is 1. The van der Waals surface area contributed by atoms with Crippen molar-refractivity contribution in [1.29, 1.82) is 0 Å². The van der Waals surface area contributed by atoms with E-state index in [0.717, 1.165) is 36.4 Å². The van der Waals surface area contributed by atoms with Crippen molar-refractivity contribution in [2.45, 2.75) is 44.1 Å². The van der Waals surface area contributed by atoms with Crippen LogP contribution < -0.4 is 4.90 Å². The highest BCUT2D eigenvalue weighted by Crippen LogP contribution is 2.33. The van der Waals surface area contributed by atoms with Gasteiger partial charge in [0.2, 0.25) is 11.9 Å². The van der Waals surface area contributed by atoms with Crippen LogP contribution in [0, 0.1) is 5.82 Å². The predicted octanol–water partition coefficient (Wildman–Crippen LogP) is 2.45. The standard InChI is InChI=1S/C24H24F4N8O/c25-17-8-30-23(31-9-17)36-18-2-3-19(36)13-33(12-18)14-22(37)34-6-5-20-15(10-34)11-35(32-20)21-4-1-16(7-29-21)24(26,27)28/h1,4,7-9,11,18-19H,2-3,5-6,10,12-14H2. The van der Waals surface area contributed by atoms with Gasteiger partial charge >= 0.3 is 6.18 Å². The minimum Gasteiger partial charge on any atom is -0.337 e. The van der Waals surface area contributed by atoms with E-state index in [4.69, 9.17) is 0 Å². The molecule has 0 N–H and O–H groups in total. The monoisotopic (exact) mass is 516 g/mol. The van der Waals surface area contributed by atoms with Gasteiger partial charge in [-0.15, -0.1) is 0 Å². The molecule has 3 aliphatic rings. The van der Waals surface area contributed by atoms with Gasteiger partial charge < -0.3 is 9.80 Å². The molecule has 3 aromatic heterocycles. The van der Waals surface area contributed by atoms with Crippen molar-refractivity contribution < 1.29 is 22.4 Å². The normalized spacial score (nSPS) is 21.8. The van der Waals surface area contributed by atoms with Gasteiger partial charge in [0.15, 0.2) is 11.6 Å². The number of piperazine rings is 1. The first-order valence-corrected chi connectivity index (χ1v) is 12.1. The molecule has 6 heterocycles. The number of fused-ring (bicyclic) bond motifs is 3. The molecule has 13 heteroatoms. The van der Waals surface area contributed by atoms with Gasteiger partial charge in [-0.2, -0.15) is 18.3 Å². The van der Waals surface area contributed by atoms with Crippen LogP contribution in [0.1, 0.15) is 29.7 Å². The predicted molar refractivity (Wildman–Crippen MR) is 123 cm³/mol. The highest BCUT2D eigenvalue weighted by atomic mass is 19.4. The molecule has 2 unspecified atom stereocenters. The summed E-state index contributed by atoms with van der Waals surface area (Å²) in [5.41, 5.74) is 0.862. The average molecular weight is 517 g/mol. The third-order valence-corrected chi connectivity index (χ3v) is 7.27. The van der Waals surface area contributed by atoms with Crippen LogP contribution in [0.25, 0.3) is 5.82 Å². The maximum Gasteiger partial charge on any atom is 0.417 e. The molecule has 37 heavy (non-hydrogen) atoms. The number of hydrogen-bond donors (Lipinski definition) is 0. The third kappa shape index (κ3) is 4.63. The molecular formula is C24H24F4N8O. The minimum atomic E-state index is -4.45. The Morgan fingerprint density at radius 1 is 1.03 bits per heavy atom. The van der Waals surface area contributed by atoms with E-state index < -0.39 is 17.6 Å². The van der Waals surface area contributed by atoms with Crippen LogP contribution in [-0.4, -0.2) is 78.7 Å². The van der Waals surface area contributed by atoms with Crippen molar-refractivity contribution in [3.63, 3.8) is 0 Å². The van der Waals surface area contributed by atoms with Crippen LogP contribution in [0.15, 0.2) is 36.9 Å². The molecule has 2 saturated heterocycles. The van der Waals surface area contributed by atoms with Crippen LogP contribution >= 0.6 is 0 Å². The van der Waals surface area contributed by atoms with Crippen molar-refractivity contribution in [2.75, 3.05) is 31.1 Å². The van der Waals surface area contributed by atoms with Gasteiger partial charge in [-0.3, -0.25) is 9.69 Å². The number of aromatic nitrogens is 5. The van der Waals surface area contributed by atoms with Crippen LogP contribution in [0.5, 0.6) is 0 Å². The lowest BCUT2D eigenvalue weighted by molar-refractivity contribution is -0.138. The SMILES string of the molecule is O=C(CN1CC2CCC(C1)N2c1ncc(F)cn1)N1CCc2nn(-c3ccc(C(F)(F)F)cn3)cc2C1. The van der Waals surface area contributed by atoms with E-state index in [2.05, 4.69) is 29.9 Å². The van der Waals surface area contributed by atoms with Gasteiger partial charge in [0.25, 0.3) is 0 Å². The van der Waals surface area contributed by atoms with Gasteiger partial charge in [0.05, 0.1) is 30.2 Å². The average Bonchev–Trinajstić information content (AvgIpc) is 3.42. The van der Waals surface area contributed by atoms with Gasteiger partial charge in [-0.05, 0) is 25.0 Å². The number of amides is 1. The maximum atomic E-state index is 13.2. The summed E-state index contributed by atoms with van der Waals surface area (Å²) in [6.45, 7) is 2.64. The molecule has 0 spiro atoms. The summed E-state index contributed by atoms with van der Waals surface area (Å²) in [6.07, 6.45) is 2.94. The van der Waals surface area contributed by atoms with Gasteiger partial charge in [-0.25, -0.2) is 24.0 Å². The molecule has 0 saturated carbocycles. The fourth-order valence-electron chi connectivity index (χ4n) is 5.51. The number of rotatable bonds is 4. The van der Waals surface area contributed by atoms with E-state index in [1.165, 1.54) is 23.1 Å². The Labute approximate surface area is 209 Å². The fourth-order valence-corrected chi connectivity index (χ4v) is 5.51. The van der Waals surface area contributed by atoms with E-state index in [1.807, 2.05) is 0 Å².